The van der Waals surface area contributed by atoms with Gasteiger partial charge in [0.25, 0.3) is 0 Å². The van der Waals surface area contributed by atoms with Crippen molar-refractivity contribution in [3.8, 4) is 11.5 Å². The highest BCUT2D eigenvalue weighted by atomic mass is 16.5. The molecule has 1 aromatic carbocycles. The van der Waals surface area contributed by atoms with E-state index in [1.54, 1.807) is 12.1 Å². The lowest BCUT2D eigenvalue weighted by Crippen LogP contribution is -2.24. The summed E-state index contributed by atoms with van der Waals surface area (Å²) in [6.45, 7) is 6.60. The zero-order valence-corrected chi connectivity index (χ0v) is 12.1. The van der Waals surface area contributed by atoms with E-state index in [4.69, 9.17) is 9.84 Å². The lowest BCUT2D eigenvalue weighted by Gasteiger charge is -2.21. The lowest BCUT2D eigenvalue weighted by molar-refractivity contribution is -0.137. The topological polar surface area (TPSA) is 70.0 Å². The van der Waals surface area contributed by atoms with Crippen molar-refractivity contribution >= 4 is 5.97 Å². The normalized spacial score (nSPS) is 10.8. The molecular weight excluding hydrogens is 258 g/mol. The van der Waals surface area contributed by atoms with Crippen LogP contribution in [0.2, 0.25) is 0 Å². The molecule has 0 aliphatic heterocycles. The van der Waals surface area contributed by atoms with Crippen LogP contribution in [0.25, 0.3) is 0 Å². The second kappa shape index (κ2) is 8.43. The molecule has 5 heteroatoms. The summed E-state index contributed by atoms with van der Waals surface area (Å²) in [6, 6.07) is 5.20. The van der Waals surface area contributed by atoms with E-state index in [0.29, 0.717) is 26.1 Å². The van der Waals surface area contributed by atoms with E-state index >= 15 is 0 Å². The summed E-state index contributed by atoms with van der Waals surface area (Å²) in [5, 5.41) is 18.5. The van der Waals surface area contributed by atoms with E-state index in [1.165, 1.54) is 0 Å². The van der Waals surface area contributed by atoms with Crippen molar-refractivity contribution in [2.45, 2.75) is 33.2 Å². The van der Waals surface area contributed by atoms with Gasteiger partial charge in [-0.05, 0) is 44.6 Å². The van der Waals surface area contributed by atoms with Crippen molar-refractivity contribution in [1.29, 1.82) is 0 Å². The van der Waals surface area contributed by atoms with Crippen LogP contribution >= 0.6 is 0 Å². The number of phenols is 1. The van der Waals surface area contributed by atoms with Gasteiger partial charge in [-0.1, -0.05) is 6.92 Å². The van der Waals surface area contributed by atoms with Crippen LogP contribution in [0.3, 0.4) is 0 Å². The standard InChI is InChI=1S/C15H23NO4/c1-3-16(9-5-6-15(18)19)11-12-10-13(20-4-2)7-8-14(12)17/h7-8,10,17H,3-6,9,11H2,1-2H3,(H,18,19). The van der Waals surface area contributed by atoms with Crippen LogP contribution in [0.15, 0.2) is 18.2 Å². The highest BCUT2D eigenvalue weighted by Crippen LogP contribution is 2.24. The highest BCUT2D eigenvalue weighted by Gasteiger charge is 2.09. The number of phenolic OH excluding ortho intramolecular Hbond substituents is 1. The van der Waals surface area contributed by atoms with Crippen molar-refractivity contribution in [3.63, 3.8) is 0 Å². The highest BCUT2D eigenvalue weighted by molar-refractivity contribution is 5.66. The van der Waals surface area contributed by atoms with Crippen molar-refractivity contribution < 1.29 is 19.7 Å². The molecule has 0 radical (unpaired) electrons. The molecule has 0 bridgehead atoms. The third-order valence-corrected chi connectivity index (χ3v) is 3.07. The van der Waals surface area contributed by atoms with E-state index in [1.807, 2.05) is 19.9 Å². The van der Waals surface area contributed by atoms with Gasteiger partial charge in [0.05, 0.1) is 6.61 Å². The summed E-state index contributed by atoms with van der Waals surface area (Å²) in [7, 11) is 0. The summed E-state index contributed by atoms with van der Waals surface area (Å²) >= 11 is 0. The number of carboxylic acids is 1. The minimum atomic E-state index is -0.776. The maximum absolute atomic E-state index is 10.5. The number of carbonyl (C=O) groups is 1. The summed E-state index contributed by atoms with van der Waals surface area (Å²) < 4.78 is 5.42. The molecule has 2 N–H and O–H groups in total. The minimum absolute atomic E-state index is 0.168. The third kappa shape index (κ3) is 5.48. The molecule has 0 aromatic heterocycles. The summed E-state index contributed by atoms with van der Waals surface area (Å²) in [6.07, 6.45) is 0.774. The fourth-order valence-corrected chi connectivity index (χ4v) is 1.99. The van der Waals surface area contributed by atoms with Gasteiger partial charge >= 0.3 is 5.97 Å². The zero-order chi connectivity index (χ0) is 15.0. The predicted octanol–water partition coefficient (Wildman–Crippen LogP) is 2.48. The van der Waals surface area contributed by atoms with Crippen molar-refractivity contribution in [1.82, 2.24) is 4.90 Å². The van der Waals surface area contributed by atoms with Crippen LogP contribution in [-0.4, -0.2) is 40.8 Å². The maximum Gasteiger partial charge on any atom is 0.303 e. The Morgan fingerprint density at radius 1 is 1.35 bits per heavy atom. The van der Waals surface area contributed by atoms with Gasteiger partial charge in [-0.15, -0.1) is 0 Å². The number of benzene rings is 1. The van der Waals surface area contributed by atoms with E-state index in [9.17, 15) is 9.90 Å². The van der Waals surface area contributed by atoms with Gasteiger partial charge in [-0.25, -0.2) is 0 Å². The Hall–Kier alpha value is -1.75. The van der Waals surface area contributed by atoms with Crippen molar-refractivity contribution in [2.24, 2.45) is 0 Å². The Morgan fingerprint density at radius 3 is 2.70 bits per heavy atom. The van der Waals surface area contributed by atoms with Crippen LogP contribution in [-0.2, 0) is 11.3 Å². The summed E-state index contributed by atoms with van der Waals surface area (Å²) in [5.41, 5.74) is 0.799. The minimum Gasteiger partial charge on any atom is -0.508 e. The van der Waals surface area contributed by atoms with E-state index in [0.717, 1.165) is 17.9 Å². The Bertz CT molecular complexity index is 434. The molecule has 0 atom stereocenters. The Morgan fingerprint density at radius 2 is 2.10 bits per heavy atom. The van der Waals surface area contributed by atoms with Crippen LogP contribution in [0.5, 0.6) is 11.5 Å². The number of rotatable bonds is 9. The molecule has 0 amide bonds. The van der Waals surface area contributed by atoms with Crippen molar-refractivity contribution in [3.05, 3.63) is 23.8 Å². The van der Waals surface area contributed by atoms with E-state index in [2.05, 4.69) is 4.90 Å². The smallest absolute Gasteiger partial charge is 0.303 e. The number of aliphatic carboxylic acids is 1. The van der Waals surface area contributed by atoms with Crippen LogP contribution in [0.1, 0.15) is 32.3 Å². The molecule has 0 spiro atoms. The quantitative estimate of drug-likeness (QED) is 0.727. The Balaban J connectivity index is 2.63. The average Bonchev–Trinajstić information content (AvgIpc) is 2.41. The fourth-order valence-electron chi connectivity index (χ4n) is 1.99. The number of ether oxygens (including phenoxy) is 1. The van der Waals surface area contributed by atoms with Gasteiger partial charge in [-0.2, -0.15) is 0 Å². The lowest BCUT2D eigenvalue weighted by atomic mass is 10.1. The second-order valence-electron chi connectivity index (χ2n) is 4.59. The molecule has 0 saturated carbocycles. The first-order valence-electron chi connectivity index (χ1n) is 6.95. The molecule has 0 fully saturated rings. The molecule has 0 saturated heterocycles. The van der Waals surface area contributed by atoms with Crippen LogP contribution in [0.4, 0.5) is 0 Å². The molecule has 20 heavy (non-hydrogen) atoms. The molecule has 0 heterocycles. The SMILES string of the molecule is CCOc1ccc(O)c(CN(CC)CCCC(=O)O)c1. The molecular formula is C15H23NO4. The Kier molecular flexibility index (Phi) is 6.87. The second-order valence-corrected chi connectivity index (χ2v) is 4.59. The maximum atomic E-state index is 10.5. The summed E-state index contributed by atoms with van der Waals surface area (Å²) in [5.74, 6) is 0.203. The first-order chi connectivity index (χ1) is 9.56. The van der Waals surface area contributed by atoms with Crippen LogP contribution < -0.4 is 4.74 Å². The molecule has 0 aliphatic carbocycles. The van der Waals surface area contributed by atoms with Crippen molar-refractivity contribution in [2.75, 3.05) is 19.7 Å². The monoisotopic (exact) mass is 281 g/mol. The first kappa shape index (κ1) is 16.3. The van der Waals surface area contributed by atoms with E-state index < -0.39 is 5.97 Å². The molecule has 0 unspecified atom stereocenters. The number of aromatic hydroxyl groups is 1. The number of carboxylic acid groups (broad SMARTS) is 1. The van der Waals surface area contributed by atoms with Gasteiger partial charge in [0.15, 0.2) is 0 Å². The van der Waals surface area contributed by atoms with Gasteiger partial charge in [-0.3, -0.25) is 9.69 Å². The van der Waals surface area contributed by atoms with E-state index in [-0.39, 0.29) is 12.2 Å². The zero-order valence-electron chi connectivity index (χ0n) is 12.1. The fraction of sp³-hybridized carbons (Fsp3) is 0.533. The molecule has 112 valence electrons. The summed E-state index contributed by atoms with van der Waals surface area (Å²) in [4.78, 5) is 12.6. The molecule has 0 aliphatic rings. The average molecular weight is 281 g/mol. The first-order valence-corrected chi connectivity index (χ1v) is 6.95. The van der Waals surface area contributed by atoms with Gasteiger partial charge < -0.3 is 14.9 Å². The molecule has 1 aromatic rings. The predicted molar refractivity (Wildman–Crippen MR) is 77.1 cm³/mol. The molecule has 5 nitrogen and oxygen atoms in total. The van der Waals surface area contributed by atoms with Gasteiger partial charge in [0.2, 0.25) is 0 Å². The van der Waals surface area contributed by atoms with Gasteiger partial charge in [0, 0.05) is 18.5 Å². The third-order valence-electron chi connectivity index (χ3n) is 3.07. The largest absolute Gasteiger partial charge is 0.508 e. The van der Waals surface area contributed by atoms with Gasteiger partial charge in [0.1, 0.15) is 11.5 Å². The Labute approximate surface area is 119 Å². The number of hydrogen-bond donors (Lipinski definition) is 2. The molecule has 1 rings (SSSR count). The number of hydrogen-bond acceptors (Lipinski definition) is 4. The number of nitrogens with zero attached hydrogens (tertiary/aromatic N) is 1. The van der Waals surface area contributed by atoms with Crippen LogP contribution in [0, 0.1) is 0 Å².